The molecule has 0 radical (unpaired) electrons. The molecular weight excluding hydrogens is 354 g/mol. The summed E-state index contributed by atoms with van der Waals surface area (Å²) in [7, 11) is -2.17. The Labute approximate surface area is 153 Å². The van der Waals surface area contributed by atoms with Crippen molar-refractivity contribution in [3.63, 3.8) is 0 Å². The van der Waals surface area contributed by atoms with E-state index in [4.69, 9.17) is 4.74 Å². The zero-order chi connectivity index (χ0) is 19.2. The van der Waals surface area contributed by atoms with Gasteiger partial charge in [0.2, 0.25) is 10.0 Å². The number of sulfonamides is 1. The van der Waals surface area contributed by atoms with Crippen LogP contribution in [0.15, 0.2) is 53.6 Å². The molecule has 2 aromatic carbocycles. The van der Waals surface area contributed by atoms with E-state index in [1.165, 1.54) is 13.3 Å². The van der Waals surface area contributed by atoms with Crippen LogP contribution >= 0.6 is 0 Å². The lowest BCUT2D eigenvalue weighted by Gasteiger charge is -2.21. The third-order valence-electron chi connectivity index (χ3n) is 3.51. The van der Waals surface area contributed by atoms with Gasteiger partial charge in [0.05, 0.1) is 25.3 Å². The average Bonchev–Trinajstić information content (AvgIpc) is 2.60. The van der Waals surface area contributed by atoms with Crippen molar-refractivity contribution in [2.45, 2.75) is 6.92 Å². The van der Waals surface area contributed by atoms with Crippen LogP contribution in [0.2, 0.25) is 0 Å². The highest BCUT2D eigenvalue weighted by molar-refractivity contribution is 7.92. The summed E-state index contributed by atoms with van der Waals surface area (Å²) in [5, 5.41) is 3.86. The minimum atomic E-state index is -3.65. The van der Waals surface area contributed by atoms with Gasteiger partial charge in [-0.15, -0.1) is 0 Å². The van der Waals surface area contributed by atoms with E-state index in [2.05, 4.69) is 10.5 Å². The van der Waals surface area contributed by atoms with Crippen molar-refractivity contribution in [1.29, 1.82) is 0 Å². The number of methoxy groups -OCH3 is 1. The van der Waals surface area contributed by atoms with Gasteiger partial charge in [0.1, 0.15) is 12.3 Å². The third kappa shape index (κ3) is 5.59. The van der Waals surface area contributed by atoms with Crippen molar-refractivity contribution in [2.24, 2.45) is 5.10 Å². The molecule has 8 heteroatoms. The summed E-state index contributed by atoms with van der Waals surface area (Å²) in [6, 6.07) is 14.1. The average molecular weight is 375 g/mol. The summed E-state index contributed by atoms with van der Waals surface area (Å²) in [5.74, 6) is -0.0597. The fourth-order valence-corrected chi connectivity index (χ4v) is 3.01. The molecule has 0 fully saturated rings. The number of rotatable bonds is 7. The number of amides is 1. The van der Waals surface area contributed by atoms with Crippen LogP contribution in [-0.4, -0.2) is 40.4 Å². The molecule has 7 nitrogen and oxygen atoms in total. The van der Waals surface area contributed by atoms with E-state index in [9.17, 15) is 13.2 Å². The van der Waals surface area contributed by atoms with Crippen molar-refractivity contribution in [3.05, 3.63) is 59.7 Å². The lowest BCUT2D eigenvalue weighted by Crippen LogP contribution is -2.39. The highest BCUT2D eigenvalue weighted by Crippen LogP contribution is 2.22. The number of nitrogens with one attached hydrogen (secondary N) is 1. The number of ether oxygens (including phenoxy) is 1. The number of anilines is 1. The second kappa shape index (κ2) is 8.48. The van der Waals surface area contributed by atoms with Crippen LogP contribution in [0.25, 0.3) is 0 Å². The first kappa shape index (κ1) is 19.5. The van der Waals surface area contributed by atoms with Gasteiger partial charge in [-0.3, -0.25) is 9.10 Å². The van der Waals surface area contributed by atoms with Crippen LogP contribution in [0.1, 0.15) is 11.1 Å². The van der Waals surface area contributed by atoms with Crippen LogP contribution in [0.5, 0.6) is 5.75 Å². The predicted molar refractivity (Wildman–Crippen MR) is 102 cm³/mol. The lowest BCUT2D eigenvalue weighted by atomic mass is 10.2. The number of hydrogen-bond donors (Lipinski definition) is 1. The molecule has 0 atom stereocenters. The minimum absolute atomic E-state index is 0.338. The van der Waals surface area contributed by atoms with E-state index in [0.29, 0.717) is 11.4 Å². The van der Waals surface area contributed by atoms with Crippen LogP contribution in [0, 0.1) is 6.92 Å². The Kier molecular flexibility index (Phi) is 6.35. The van der Waals surface area contributed by atoms with Crippen molar-refractivity contribution >= 4 is 27.8 Å². The molecule has 0 aromatic heterocycles. The van der Waals surface area contributed by atoms with Gasteiger partial charge in [-0.2, -0.15) is 5.10 Å². The third-order valence-corrected chi connectivity index (χ3v) is 4.65. The molecule has 0 saturated carbocycles. The van der Waals surface area contributed by atoms with E-state index in [1.807, 2.05) is 31.2 Å². The molecule has 0 saturated heterocycles. The fraction of sp³-hybridized carbons (Fsp3) is 0.222. The molecule has 1 N–H and O–H groups in total. The maximum atomic E-state index is 12.1. The molecule has 2 rings (SSSR count). The summed E-state index contributed by atoms with van der Waals surface area (Å²) in [4.78, 5) is 12.1. The Bertz CT molecular complexity index is 893. The Morgan fingerprint density at radius 3 is 2.54 bits per heavy atom. The van der Waals surface area contributed by atoms with Gasteiger partial charge in [-0.05, 0) is 24.6 Å². The smallest absolute Gasteiger partial charge is 0.260 e. The van der Waals surface area contributed by atoms with Crippen molar-refractivity contribution in [1.82, 2.24) is 5.43 Å². The molecule has 0 aliphatic rings. The first-order valence-electron chi connectivity index (χ1n) is 7.80. The van der Waals surface area contributed by atoms with Gasteiger partial charge < -0.3 is 4.74 Å². The number of benzene rings is 2. The van der Waals surface area contributed by atoms with Gasteiger partial charge in [0.15, 0.2) is 0 Å². The maximum Gasteiger partial charge on any atom is 0.260 e. The number of carbonyl (C=O) groups excluding carboxylic acids is 1. The Hall–Kier alpha value is -2.87. The largest absolute Gasteiger partial charge is 0.497 e. The van der Waals surface area contributed by atoms with Gasteiger partial charge in [0.25, 0.3) is 5.91 Å². The minimum Gasteiger partial charge on any atom is -0.497 e. The van der Waals surface area contributed by atoms with Crippen LogP contribution < -0.4 is 14.5 Å². The zero-order valence-electron chi connectivity index (χ0n) is 14.8. The first-order chi connectivity index (χ1) is 12.3. The van der Waals surface area contributed by atoms with E-state index in [-0.39, 0.29) is 0 Å². The summed E-state index contributed by atoms with van der Waals surface area (Å²) in [6.07, 6.45) is 2.53. The molecule has 138 valence electrons. The highest BCUT2D eigenvalue weighted by Gasteiger charge is 2.21. The number of hydrogen-bond acceptors (Lipinski definition) is 5. The Morgan fingerprint density at radius 2 is 1.92 bits per heavy atom. The predicted octanol–water partition coefficient (Wildman–Crippen LogP) is 1.92. The highest BCUT2D eigenvalue weighted by atomic mass is 32.2. The topological polar surface area (TPSA) is 88.1 Å². The Balaban J connectivity index is 2.08. The van der Waals surface area contributed by atoms with Gasteiger partial charge in [0, 0.05) is 6.07 Å². The molecule has 0 aliphatic heterocycles. The second-order valence-electron chi connectivity index (χ2n) is 5.67. The van der Waals surface area contributed by atoms with Gasteiger partial charge in [-0.25, -0.2) is 13.8 Å². The van der Waals surface area contributed by atoms with E-state index >= 15 is 0 Å². The summed E-state index contributed by atoms with van der Waals surface area (Å²) in [6.45, 7) is 1.58. The van der Waals surface area contributed by atoms with Gasteiger partial charge in [-0.1, -0.05) is 35.9 Å². The quantitative estimate of drug-likeness (QED) is 0.592. The van der Waals surface area contributed by atoms with Crippen molar-refractivity contribution in [3.8, 4) is 5.75 Å². The monoisotopic (exact) mass is 375 g/mol. The van der Waals surface area contributed by atoms with Gasteiger partial charge >= 0.3 is 0 Å². The van der Waals surface area contributed by atoms with E-state index < -0.39 is 22.5 Å². The zero-order valence-corrected chi connectivity index (χ0v) is 15.7. The van der Waals surface area contributed by atoms with E-state index in [0.717, 1.165) is 21.7 Å². The van der Waals surface area contributed by atoms with Crippen molar-refractivity contribution in [2.75, 3.05) is 24.2 Å². The van der Waals surface area contributed by atoms with E-state index in [1.54, 1.807) is 24.3 Å². The molecule has 0 heterocycles. The number of nitrogens with zero attached hydrogens (tertiary/aromatic N) is 2. The molecular formula is C18H21N3O4S. The summed E-state index contributed by atoms with van der Waals surface area (Å²) in [5.41, 5.74) is 4.62. The molecule has 26 heavy (non-hydrogen) atoms. The number of carbonyl (C=O) groups is 1. The number of aryl methyl sites for hydroxylation is 1. The maximum absolute atomic E-state index is 12.1. The summed E-state index contributed by atoms with van der Waals surface area (Å²) < 4.78 is 30.2. The Morgan fingerprint density at radius 1 is 1.23 bits per heavy atom. The van der Waals surface area contributed by atoms with Crippen LogP contribution in [0.3, 0.4) is 0 Å². The summed E-state index contributed by atoms with van der Waals surface area (Å²) >= 11 is 0. The molecule has 0 spiro atoms. The standard InChI is InChI=1S/C18H21N3O4S/c1-14-7-9-15(10-8-14)12-19-20-18(22)13-21(26(3,23)24)16-5-4-6-17(11-16)25-2/h4-12H,13H2,1-3H3,(H,20,22)/b19-12-. The molecule has 2 aromatic rings. The SMILES string of the molecule is COc1cccc(N(CC(=O)N/N=C\c2ccc(C)cc2)S(C)(=O)=O)c1. The molecule has 0 bridgehead atoms. The van der Waals surface area contributed by atoms with Crippen LogP contribution in [0.4, 0.5) is 5.69 Å². The molecule has 0 unspecified atom stereocenters. The fourth-order valence-electron chi connectivity index (χ4n) is 2.16. The molecule has 1 amide bonds. The molecule has 0 aliphatic carbocycles. The van der Waals surface area contributed by atoms with Crippen LogP contribution in [-0.2, 0) is 14.8 Å². The second-order valence-corrected chi connectivity index (χ2v) is 7.58. The normalized spacial score (nSPS) is 11.3. The number of hydrazone groups is 1. The lowest BCUT2D eigenvalue weighted by molar-refractivity contribution is -0.119. The first-order valence-corrected chi connectivity index (χ1v) is 9.65. The van der Waals surface area contributed by atoms with Crippen molar-refractivity contribution < 1.29 is 17.9 Å².